The van der Waals surface area contributed by atoms with Crippen molar-refractivity contribution in [1.82, 2.24) is 9.99 Å². The summed E-state index contributed by atoms with van der Waals surface area (Å²) in [6, 6.07) is 16.8. The number of hydrogen-bond acceptors (Lipinski definition) is 5. The number of methoxy groups -OCH3 is 1. The highest BCUT2D eigenvalue weighted by Gasteiger charge is 2.06. The van der Waals surface area contributed by atoms with Gasteiger partial charge < -0.3 is 14.0 Å². The van der Waals surface area contributed by atoms with Gasteiger partial charge in [-0.05, 0) is 30.3 Å². The number of fused-ring (bicyclic) bond motifs is 1. The zero-order valence-electron chi connectivity index (χ0n) is 14.8. The summed E-state index contributed by atoms with van der Waals surface area (Å²) in [4.78, 5) is 11.9. The predicted octanol–water partition coefficient (Wildman–Crippen LogP) is 2.70. The van der Waals surface area contributed by atoms with E-state index in [9.17, 15) is 4.79 Å². The lowest BCUT2D eigenvalue weighted by Gasteiger charge is -2.05. The molecule has 0 radical (unpaired) electrons. The number of nitrogens with zero attached hydrogens (tertiary/aromatic N) is 3. The van der Waals surface area contributed by atoms with Gasteiger partial charge in [0.2, 0.25) is 0 Å². The van der Waals surface area contributed by atoms with Crippen molar-refractivity contribution in [2.75, 3.05) is 13.7 Å². The van der Waals surface area contributed by atoms with Gasteiger partial charge in [0.25, 0.3) is 5.91 Å². The van der Waals surface area contributed by atoms with Gasteiger partial charge in [0.05, 0.1) is 19.4 Å². The van der Waals surface area contributed by atoms with Crippen molar-refractivity contribution >= 4 is 23.0 Å². The number of rotatable bonds is 7. The molecule has 0 saturated carbocycles. The van der Waals surface area contributed by atoms with E-state index in [1.54, 1.807) is 37.6 Å². The quantitative estimate of drug-likeness (QED) is 0.517. The first kappa shape index (κ1) is 18.0. The minimum absolute atomic E-state index is 0.153. The molecule has 0 spiro atoms. The number of benzene rings is 2. The van der Waals surface area contributed by atoms with Crippen LogP contribution in [-0.4, -0.2) is 30.4 Å². The summed E-state index contributed by atoms with van der Waals surface area (Å²) in [5, 5.41) is 13.9. The van der Waals surface area contributed by atoms with Crippen LogP contribution in [0.1, 0.15) is 5.56 Å². The second-order valence-electron chi connectivity index (χ2n) is 5.64. The highest BCUT2D eigenvalue weighted by molar-refractivity contribution is 5.99. The van der Waals surface area contributed by atoms with Crippen LogP contribution in [0.4, 0.5) is 0 Å². The fourth-order valence-corrected chi connectivity index (χ4v) is 2.61. The van der Waals surface area contributed by atoms with E-state index in [1.807, 2.05) is 35.0 Å². The Hall–Kier alpha value is -3.79. The average molecular weight is 362 g/mol. The zero-order valence-corrected chi connectivity index (χ0v) is 14.8. The molecule has 0 aliphatic rings. The lowest BCUT2D eigenvalue weighted by molar-refractivity contribution is -0.123. The third-order valence-electron chi connectivity index (χ3n) is 3.88. The van der Waals surface area contributed by atoms with E-state index in [4.69, 9.17) is 14.7 Å². The van der Waals surface area contributed by atoms with E-state index in [-0.39, 0.29) is 19.1 Å². The van der Waals surface area contributed by atoms with Gasteiger partial charge in [-0.25, -0.2) is 5.43 Å². The molecule has 7 nitrogen and oxygen atoms in total. The van der Waals surface area contributed by atoms with Crippen molar-refractivity contribution in [3.8, 4) is 17.6 Å². The van der Waals surface area contributed by atoms with Gasteiger partial charge in [-0.3, -0.25) is 4.79 Å². The third-order valence-corrected chi connectivity index (χ3v) is 3.88. The molecule has 2 aromatic carbocycles. The first-order valence-corrected chi connectivity index (χ1v) is 8.25. The Labute approximate surface area is 156 Å². The number of nitrogens with one attached hydrogen (secondary N) is 1. The fraction of sp³-hybridized carbons (Fsp3) is 0.150. The van der Waals surface area contributed by atoms with E-state index >= 15 is 0 Å². The number of para-hydroxylation sites is 1. The second-order valence-corrected chi connectivity index (χ2v) is 5.64. The highest BCUT2D eigenvalue weighted by Crippen LogP contribution is 2.20. The van der Waals surface area contributed by atoms with Gasteiger partial charge in [0, 0.05) is 22.7 Å². The normalized spacial score (nSPS) is 10.7. The van der Waals surface area contributed by atoms with Crippen molar-refractivity contribution < 1.29 is 14.3 Å². The molecule has 3 aromatic rings. The van der Waals surface area contributed by atoms with Crippen molar-refractivity contribution in [3.63, 3.8) is 0 Å². The monoisotopic (exact) mass is 362 g/mol. The van der Waals surface area contributed by atoms with Gasteiger partial charge >= 0.3 is 0 Å². The zero-order chi connectivity index (χ0) is 19.1. The van der Waals surface area contributed by atoms with Crippen LogP contribution in [0.5, 0.6) is 11.5 Å². The molecule has 1 heterocycles. The summed E-state index contributed by atoms with van der Waals surface area (Å²) in [5.74, 6) is 0.907. The van der Waals surface area contributed by atoms with Crippen molar-refractivity contribution in [3.05, 3.63) is 60.3 Å². The molecular weight excluding hydrogens is 344 g/mol. The Morgan fingerprint density at radius 1 is 1.22 bits per heavy atom. The number of hydrogen-bond donors (Lipinski definition) is 1. The molecule has 0 bridgehead atoms. The molecule has 0 unspecified atom stereocenters. The molecular formula is C20H18N4O3. The summed E-state index contributed by atoms with van der Waals surface area (Å²) in [5.41, 5.74) is 4.19. The minimum Gasteiger partial charge on any atom is -0.497 e. The molecule has 0 saturated heterocycles. The van der Waals surface area contributed by atoms with Crippen molar-refractivity contribution in [2.45, 2.75) is 6.54 Å². The standard InChI is InChI=1S/C20H18N4O3/c1-26-16-6-8-17(9-7-16)27-14-20(25)23-22-12-15-13-24(11-10-21)19-5-3-2-4-18(15)19/h2-9,12-13H,11,14H2,1H3,(H,23,25)/b22-12+. The van der Waals surface area contributed by atoms with Crippen LogP contribution in [-0.2, 0) is 11.3 Å². The summed E-state index contributed by atoms with van der Waals surface area (Å²) in [6.45, 7) is 0.0935. The number of carbonyl (C=O) groups excluding carboxylic acids is 1. The second kappa shape index (κ2) is 8.54. The maximum absolute atomic E-state index is 11.9. The Morgan fingerprint density at radius 2 is 1.96 bits per heavy atom. The first-order chi connectivity index (χ1) is 13.2. The molecule has 27 heavy (non-hydrogen) atoms. The number of aromatic nitrogens is 1. The van der Waals surface area contributed by atoms with Crippen LogP contribution in [0, 0.1) is 11.3 Å². The summed E-state index contributed by atoms with van der Waals surface area (Å²) in [7, 11) is 1.58. The molecule has 0 aliphatic carbocycles. The summed E-state index contributed by atoms with van der Waals surface area (Å²) < 4.78 is 12.3. The molecule has 0 atom stereocenters. The summed E-state index contributed by atoms with van der Waals surface area (Å²) in [6.07, 6.45) is 3.39. The Morgan fingerprint density at radius 3 is 2.70 bits per heavy atom. The van der Waals surface area contributed by atoms with Crippen molar-refractivity contribution in [2.24, 2.45) is 5.10 Å². The van der Waals surface area contributed by atoms with E-state index in [0.717, 1.165) is 16.5 Å². The average Bonchev–Trinajstić information content (AvgIpc) is 3.05. The van der Waals surface area contributed by atoms with Crippen LogP contribution in [0.25, 0.3) is 10.9 Å². The lowest BCUT2D eigenvalue weighted by Crippen LogP contribution is -2.24. The highest BCUT2D eigenvalue weighted by atomic mass is 16.5. The van der Waals surface area contributed by atoms with Crippen LogP contribution >= 0.6 is 0 Å². The molecule has 7 heteroatoms. The summed E-state index contributed by atoms with van der Waals surface area (Å²) >= 11 is 0. The molecule has 1 N–H and O–H groups in total. The third kappa shape index (κ3) is 4.44. The van der Waals surface area contributed by atoms with Gasteiger partial charge in [0.1, 0.15) is 18.0 Å². The Balaban J connectivity index is 1.59. The van der Waals surface area contributed by atoms with Crippen LogP contribution in [0.15, 0.2) is 59.8 Å². The van der Waals surface area contributed by atoms with Gasteiger partial charge in [-0.1, -0.05) is 18.2 Å². The number of amides is 1. The minimum atomic E-state index is -0.372. The Bertz CT molecular complexity index is 1000. The number of carbonyl (C=O) groups is 1. The SMILES string of the molecule is COc1ccc(OCC(=O)N/N=C/c2cn(CC#N)c3ccccc23)cc1. The Kier molecular flexibility index (Phi) is 5.70. The van der Waals surface area contributed by atoms with Crippen LogP contribution in [0.3, 0.4) is 0 Å². The molecule has 0 aliphatic heterocycles. The van der Waals surface area contributed by atoms with E-state index in [1.165, 1.54) is 0 Å². The van der Waals surface area contributed by atoms with Crippen LogP contribution < -0.4 is 14.9 Å². The van der Waals surface area contributed by atoms with Gasteiger partial charge in [-0.2, -0.15) is 10.4 Å². The molecule has 0 fully saturated rings. The molecule has 3 rings (SSSR count). The van der Waals surface area contributed by atoms with Crippen LogP contribution in [0.2, 0.25) is 0 Å². The van der Waals surface area contributed by atoms with E-state index < -0.39 is 0 Å². The molecule has 1 amide bonds. The van der Waals surface area contributed by atoms with Gasteiger partial charge in [-0.15, -0.1) is 0 Å². The fourth-order valence-electron chi connectivity index (χ4n) is 2.61. The van der Waals surface area contributed by atoms with Gasteiger partial charge in [0.15, 0.2) is 6.61 Å². The largest absolute Gasteiger partial charge is 0.497 e. The predicted molar refractivity (Wildman–Crippen MR) is 102 cm³/mol. The van der Waals surface area contributed by atoms with Crippen molar-refractivity contribution in [1.29, 1.82) is 5.26 Å². The molecule has 136 valence electrons. The lowest BCUT2D eigenvalue weighted by atomic mass is 10.2. The topological polar surface area (TPSA) is 88.6 Å². The van der Waals surface area contributed by atoms with E-state index in [0.29, 0.717) is 11.5 Å². The molecule has 1 aromatic heterocycles. The number of nitriles is 1. The first-order valence-electron chi connectivity index (χ1n) is 8.25. The maximum atomic E-state index is 11.9. The smallest absolute Gasteiger partial charge is 0.277 e. The maximum Gasteiger partial charge on any atom is 0.277 e. The van der Waals surface area contributed by atoms with E-state index in [2.05, 4.69) is 16.6 Å². The number of hydrazone groups is 1. The number of ether oxygens (including phenoxy) is 2.